The van der Waals surface area contributed by atoms with Crippen LogP contribution in [0, 0.1) is 0 Å². The fourth-order valence-corrected chi connectivity index (χ4v) is 1.47. The van der Waals surface area contributed by atoms with E-state index in [2.05, 4.69) is 56.0 Å². The molecule has 1 nitrogen and oxygen atoms in total. The Morgan fingerprint density at radius 2 is 1.75 bits per heavy atom. The lowest BCUT2D eigenvalue weighted by molar-refractivity contribution is 0.704. The van der Waals surface area contributed by atoms with Crippen LogP contribution >= 0.6 is 0 Å². The molecule has 1 aromatic rings. The quantitative estimate of drug-likeness (QED) is 0.662. The van der Waals surface area contributed by atoms with Crippen LogP contribution < -0.4 is 4.90 Å². The molecule has 0 aliphatic rings. The maximum atomic E-state index is 2.38. The van der Waals surface area contributed by atoms with Crippen LogP contribution in [0.1, 0.15) is 20.8 Å². The topological polar surface area (TPSA) is 3.24 Å². The summed E-state index contributed by atoms with van der Waals surface area (Å²) in [6.45, 7) is 7.70. The second-order valence-corrected chi connectivity index (χ2v) is 3.22. The van der Waals surface area contributed by atoms with Crippen LogP contribution in [0.5, 0.6) is 0 Å². The van der Waals surface area contributed by atoms with Gasteiger partial charge in [0.05, 0.1) is 0 Å². The number of anilines is 1. The molecule has 0 aliphatic carbocycles. The Hall–Kier alpha value is -0.980. The van der Waals surface area contributed by atoms with Gasteiger partial charge >= 0.3 is 0 Å². The first-order valence-electron chi connectivity index (χ1n) is 4.57. The molecule has 66 valence electrons. The molecule has 0 saturated heterocycles. The molecule has 12 heavy (non-hydrogen) atoms. The van der Waals surface area contributed by atoms with E-state index in [1.54, 1.807) is 0 Å². The van der Waals surface area contributed by atoms with Crippen LogP contribution in [0.25, 0.3) is 0 Å². The molecule has 0 spiro atoms. The van der Waals surface area contributed by atoms with Crippen molar-refractivity contribution in [2.75, 3.05) is 11.4 Å². The van der Waals surface area contributed by atoms with E-state index in [9.17, 15) is 0 Å². The predicted octanol–water partition coefficient (Wildman–Crippen LogP) is 2.92. The molecule has 0 amide bonds. The Balaban J connectivity index is 2.80. The van der Waals surface area contributed by atoms with Gasteiger partial charge in [0.25, 0.3) is 0 Å². The first kappa shape index (κ1) is 9.11. The molecule has 0 unspecified atom stereocenters. The molecule has 1 rings (SSSR count). The van der Waals surface area contributed by atoms with Crippen molar-refractivity contribution in [1.82, 2.24) is 0 Å². The van der Waals surface area contributed by atoms with Crippen molar-refractivity contribution in [3.05, 3.63) is 30.3 Å². The third-order valence-electron chi connectivity index (χ3n) is 2.05. The lowest BCUT2D eigenvalue weighted by Gasteiger charge is -2.27. The summed E-state index contributed by atoms with van der Waals surface area (Å²) in [6, 6.07) is 11.1. The highest BCUT2D eigenvalue weighted by Gasteiger charge is 2.05. The minimum atomic E-state index is 0.581. The largest absolute Gasteiger partial charge is 0.369 e. The molecule has 0 heterocycles. The van der Waals surface area contributed by atoms with Gasteiger partial charge in [0, 0.05) is 18.3 Å². The van der Waals surface area contributed by atoms with Gasteiger partial charge in [-0.25, -0.2) is 0 Å². The molecule has 0 radical (unpaired) electrons. The van der Waals surface area contributed by atoms with E-state index in [1.807, 2.05) is 0 Å². The van der Waals surface area contributed by atoms with Gasteiger partial charge in [-0.2, -0.15) is 0 Å². The van der Waals surface area contributed by atoms with Gasteiger partial charge in [0.1, 0.15) is 0 Å². The van der Waals surface area contributed by atoms with Crippen molar-refractivity contribution in [2.45, 2.75) is 26.8 Å². The lowest BCUT2D eigenvalue weighted by atomic mass is 10.2. The highest BCUT2D eigenvalue weighted by atomic mass is 15.1. The highest BCUT2D eigenvalue weighted by Crippen LogP contribution is 2.15. The summed E-state index contributed by atoms with van der Waals surface area (Å²) < 4.78 is 0. The van der Waals surface area contributed by atoms with Gasteiger partial charge in [0.2, 0.25) is 0 Å². The molecule has 0 fully saturated rings. The zero-order valence-electron chi connectivity index (χ0n) is 8.12. The Kier molecular flexibility index (Phi) is 3.15. The molecular formula is C11H17N. The van der Waals surface area contributed by atoms with Crippen LogP contribution in [-0.4, -0.2) is 12.6 Å². The summed E-state index contributed by atoms with van der Waals surface area (Å²) in [5, 5.41) is 0. The fraction of sp³-hybridized carbons (Fsp3) is 0.455. The van der Waals surface area contributed by atoms with Crippen LogP contribution in [0.3, 0.4) is 0 Å². The van der Waals surface area contributed by atoms with Crippen LogP contribution in [0.15, 0.2) is 30.3 Å². The van der Waals surface area contributed by atoms with Crippen molar-refractivity contribution in [2.24, 2.45) is 0 Å². The summed E-state index contributed by atoms with van der Waals surface area (Å²) in [5.74, 6) is 0. The Morgan fingerprint density at radius 1 is 1.17 bits per heavy atom. The van der Waals surface area contributed by atoms with Crippen LogP contribution in [0.4, 0.5) is 5.69 Å². The standard InChI is InChI=1S/C11H17N/c1-4-12(10(2)3)11-8-6-5-7-9-11/h5-10H,4H2,1-3H3. The fourth-order valence-electron chi connectivity index (χ4n) is 1.47. The SMILES string of the molecule is CCN(c1ccccc1)C(C)C. The monoisotopic (exact) mass is 163 g/mol. The average Bonchev–Trinajstić information content (AvgIpc) is 2.07. The van der Waals surface area contributed by atoms with E-state index in [0.717, 1.165) is 6.54 Å². The number of para-hydroxylation sites is 1. The number of hydrogen-bond acceptors (Lipinski definition) is 1. The zero-order chi connectivity index (χ0) is 8.97. The Morgan fingerprint density at radius 3 is 2.17 bits per heavy atom. The van der Waals surface area contributed by atoms with Crippen LogP contribution in [-0.2, 0) is 0 Å². The number of nitrogens with zero attached hydrogens (tertiary/aromatic N) is 1. The van der Waals surface area contributed by atoms with Gasteiger partial charge in [-0.1, -0.05) is 18.2 Å². The van der Waals surface area contributed by atoms with Crippen molar-refractivity contribution < 1.29 is 0 Å². The maximum Gasteiger partial charge on any atom is 0.0368 e. The molecule has 0 N–H and O–H groups in total. The van der Waals surface area contributed by atoms with E-state index >= 15 is 0 Å². The Labute approximate surface area is 75.0 Å². The lowest BCUT2D eigenvalue weighted by Crippen LogP contribution is -2.30. The van der Waals surface area contributed by atoms with E-state index in [-0.39, 0.29) is 0 Å². The first-order valence-corrected chi connectivity index (χ1v) is 4.57. The maximum absolute atomic E-state index is 2.38. The number of hydrogen-bond donors (Lipinski definition) is 0. The summed E-state index contributed by atoms with van der Waals surface area (Å²) in [6.07, 6.45) is 0. The molecule has 0 atom stereocenters. The third-order valence-corrected chi connectivity index (χ3v) is 2.05. The van der Waals surface area contributed by atoms with Gasteiger partial charge in [-0.05, 0) is 32.9 Å². The Bertz CT molecular complexity index is 216. The summed E-state index contributed by atoms with van der Waals surface area (Å²) in [5.41, 5.74) is 1.31. The molecule has 1 heteroatoms. The average molecular weight is 163 g/mol. The molecule has 0 aromatic heterocycles. The van der Waals surface area contributed by atoms with Crippen molar-refractivity contribution in [3.8, 4) is 0 Å². The molecule has 0 aliphatic heterocycles. The van der Waals surface area contributed by atoms with Gasteiger partial charge < -0.3 is 4.90 Å². The van der Waals surface area contributed by atoms with Crippen molar-refractivity contribution in [3.63, 3.8) is 0 Å². The van der Waals surface area contributed by atoms with Gasteiger partial charge in [0.15, 0.2) is 0 Å². The molecule has 0 bridgehead atoms. The minimum Gasteiger partial charge on any atom is -0.369 e. The van der Waals surface area contributed by atoms with Gasteiger partial charge in [-0.15, -0.1) is 0 Å². The van der Waals surface area contributed by atoms with E-state index in [1.165, 1.54) is 5.69 Å². The van der Waals surface area contributed by atoms with Gasteiger partial charge in [-0.3, -0.25) is 0 Å². The zero-order valence-corrected chi connectivity index (χ0v) is 8.12. The minimum absolute atomic E-state index is 0.581. The highest BCUT2D eigenvalue weighted by molar-refractivity contribution is 5.46. The number of benzene rings is 1. The first-order chi connectivity index (χ1) is 5.75. The second-order valence-electron chi connectivity index (χ2n) is 3.22. The predicted molar refractivity (Wildman–Crippen MR) is 54.6 cm³/mol. The summed E-state index contributed by atoms with van der Waals surface area (Å²) >= 11 is 0. The molecule has 1 aromatic carbocycles. The van der Waals surface area contributed by atoms with E-state index < -0.39 is 0 Å². The molecule has 0 saturated carbocycles. The summed E-state index contributed by atoms with van der Waals surface area (Å²) in [7, 11) is 0. The normalized spacial score (nSPS) is 10.3. The summed E-state index contributed by atoms with van der Waals surface area (Å²) in [4.78, 5) is 2.38. The third kappa shape index (κ3) is 2.00. The van der Waals surface area contributed by atoms with Crippen molar-refractivity contribution in [1.29, 1.82) is 0 Å². The number of rotatable bonds is 3. The van der Waals surface area contributed by atoms with Crippen molar-refractivity contribution >= 4 is 5.69 Å². The molecular weight excluding hydrogens is 146 g/mol. The van der Waals surface area contributed by atoms with Crippen LogP contribution in [0.2, 0.25) is 0 Å². The van der Waals surface area contributed by atoms with E-state index in [4.69, 9.17) is 0 Å². The van der Waals surface area contributed by atoms with E-state index in [0.29, 0.717) is 6.04 Å². The second kappa shape index (κ2) is 4.15. The smallest absolute Gasteiger partial charge is 0.0368 e.